The molecule has 0 aromatic heterocycles. The van der Waals surface area contributed by atoms with Crippen molar-refractivity contribution < 1.29 is 24.0 Å². The second-order valence-electron chi connectivity index (χ2n) is 6.06. The molecule has 2 N–H and O–H groups in total. The van der Waals surface area contributed by atoms with Gasteiger partial charge in [0, 0.05) is 12.1 Å². The fourth-order valence-corrected chi connectivity index (χ4v) is 2.30. The van der Waals surface area contributed by atoms with E-state index >= 15 is 0 Å². The van der Waals surface area contributed by atoms with Gasteiger partial charge >= 0.3 is 0 Å². The van der Waals surface area contributed by atoms with Crippen molar-refractivity contribution in [2.24, 2.45) is 0 Å². The number of ether oxygens (including phenoxy) is 2. The number of para-hydroxylation sites is 1. The Morgan fingerprint density at radius 1 is 1.07 bits per heavy atom. The molecule has 0 saturated carbocycles. The molecular formula is C19H21N3O6. The molecule has 2 aromatic rings. The molecule has 1 unspecified atom stereocenters. The normalized spacial score (nSPS) is 11.2. The molecule has 0 fully saturated rings. The second kappa shape index (κ2) is 9.36. The maximum Gasteiger partial charge on any atom is 0.279 e. The number of carbonyl (C=O) groups is 2. The van der Waals surface area contributed by atoms with Gasteiger partial charge in [0.05, 0.1) is 4.92 Å². The van der Waals surface area contributed by atoms with E-state index in [4.69, 9.17) is 9.47 Å². The Hall–Kier alpha value is -3.62. The number of non-ortho nitro benzene ring substituents is 1. The summed E-state index contributed by atoms with van der Waals surface area (Å²) >= 11 is 0. The van der Waals surface area contributed by atoms with Crippen LogP contribution >= 0.6 is 0 Å². The first-order chi connectivity index (χ1) is 13.3. The number of amides is 2. The highest BCUT2D eigenvalue weighted by atomic mass is 16.6. The summed E-state index contributed by atoms with van der Waals surface area (Å²) in [5.74, 6) is -0.200. The van der Waals surface area contributed by atoms with Gasteiger partial charge in [0.2, 0.25) is 0 Å². The number of nitro groups is 1. The molecule has 9 heteroatoms. The quantitative estimate of drug-likeness (QED) is 0.555. The molecule has 0 saturated heterocycles. The van der Waals surface area contributed by atoms with Crippen molar-refractivity contribution in [2.45, 2.75) is 26.9 Å². The lowest BCUT2D eigenvalue weighted by Crippen LogP contribution is -2.48. The van der Waals surface area contributed by atoms with Gasteiger partial charge in [-0.05, 0) is 44.0 Å². The monoisotopic (exact) mass is 387 g/mol. The topological polar surface area (TPSA) is 120 Å². The van der Waals surface area contributed by atoms with Crippen molar-refractivity contribution in [2.75, 3.05) is 6.61 Å². The van der Waals surface area contributed by atoms with E-state index in [9.17, 15) is 19.7 Å². The first kappa shape index (κ1) is 20.7. The van der Waals surface area contributed by atoms with Gasteiger partial charge in [-0.15, -0.1) is 0 Å². The van der Waals surface area contributed by atoms with Gasteiger partial charge in [0.1, 0.15) is 11.5 Å². The van der Waals surface area contributed by atoms with Crippen molar-refractivity contribution in [1.82, 2.24) is 10.9 Å². The molecule has 1 atom stereocenters. The Morgan fingerprint density at radius 2 is 1.68 bits per heavy atom. The molecule has 148 valence electrons. The second-order valence-corrected chi connectivity index (χ2v) is 6.06. The van der Waals surface area contributed by atoms with Gasteiger partial charge in [-0.1, -0.05) is 18.2 Å². The Morgan fingerprint density at radius 3 is 2.25 bits per heavy atom. The molecule has 0 aliphatic rings. The van der Waals surface area contributed by atoms with E-state index in [-0.39, 0.29) is 12.3 Å². The van der Waals surface area contributed by atoms with Crippen molar-refractivity contribution in [3.05, 3.63) is 63.7 Å². The van der Waals surface area contributed by atoms with E-state index in [1.165, 1.54) is 24.3 Å². The summed E-state index contributed by atoms with van der Waals surface area (Å²) in [4.78, 5) is 33.9. The number of nitrogens with one attached hydrogen (secondary N) is 2. The first-order valence-electron chi connectivity index (χ1n) is 8.46. The Labute approximate surface area is 161 Å². The lowest BCUT2D eigenvalue weighted by Gasteiger charge is -2.18. The lowest BCUT2D eigenvalue weighted by atomic mass is 10.1. The summed E-state index contributed by atoms with van der Waals surface area (Å²) in [5.41, 5.74) is 6.22. The van der Waals surface area contributed by atoms with Gasteiger partial charge in [-0.3, -0.25) is 30.6 Å². The largest absolute Gasteiger partial charge is 0.484 e. The molecule has 28 heavy (non-hydrogen) atoms. The highest BCUT2D eigenvalue weighted by Crippen LogP contribution is 2.23. The number of hydrogen-bond acceptors (Lipinski definition) is 6. The van der Waals surface area contributed by atoms with Crippen molar-refractivity contribution in [3.63, 3.8) is 0 Å². The first-order valence-corrected chi connectivity index (χ1v) is 8.46. The third-order valence-corrected chi connectivity index (χ3v) is 3.82. The summed E-state index contributed by atoms with van der Waals surface area (Å²) in [6, 6.07) is 10.9. The summed E-state index contributed by atoms with van der Waals surface area (Å²) in [6.07, 6.45) is -0.823. The van der Waals surface area contributed by atoms with E-state index in [1.807, 2.05) is 32.0 Å². The zero-order valence-corrected chi connectivity index (χ0v) is 15.7. The van der Waals surface area contributed by atoms with Crippen LogP contribution in [0.3, 0.4) is 0 Å². The molecule has 2 rings (SSSR count). The number of hydrazine groups is 1. The van der Waals surface area contributed by atoms with Crippen LogP contribution in [-0.2, 0) is 9.59 Å². The molecule has 2 amide bonds. The molecule has 0 aliphatic heterocycles. The third-order valence-electron chi connectivity index (χ3n) is 3.82. The minimum atomic E-state index is -0.823. The maximum atomic E-state index is 12.1. The molecule has 2 aromatic carbocycles. The highest BCUT2D eigenvalue weighted by Gasteiger charge is 2.17. The number of carbonyl (C=O) groups excluding carboxylic acids is 2. The number of aryl methyl sites for hydroxylation is 2. The van der Waals surface area contributed by atoms with E-state index in [0.717, 1.165) is 11.1 Å². The van der Waals surface area contributed by atoms with Crippen LogP contribution in [0.1, 0.15) is 18.1 Å². The number of benzene rings is 2. The summed E-state index contributed by atoms with van der Waals surface area (Å²) in [6.45, 7) is 4.96. The fraction of sp³-hybridized carbons (Fsp3) is 0.263. The van der Waals surface area contributed by atoms with E-state index in [2.05, 4.69) is 10.9 Å². The fourth-order valence-electron chi connectivity index (χ4n) is 2.30. The molecule has 0 aliphatic carbocycles. The van der Waals surface area contributed by atoms with Crippen LogP contribution < -0.4 is 20.3 Å². The minimum absolute atomic E-state index is 0.0815. The number of hydrogen-bond donors (Lipinski definition) is 2. The average molecular weight is 387 g/mol. The smallest absolute Gasteiger partial charge is 0.279 e. The third kappa shape index (κ3) is 5.70. The van der Waals surface area contributed by atoms with Crippen LogP contribution in [0.4, 0.5) is 5.69 Å². The summed E-state index contributed by atoms with van der Waals surface area (Å²) < 4.78 is 10.9. The summed E-state index contributed by atoms with van der Waals surface area (Å²) in [7, 11) is 0. The van der Waals surface area contributed by atoms with Gasteiger partial charge < -0.3 is 9.47 Å². The standard InChI is InChI=1S/C19H21N3O6/c1-12-5-4-6-13(2)18(12)28-14(3)19(24)21-20-17(23)11-27-16-9-7-15(8-10-16)22(25)26/h4-10,14H,11H2,1-3H3,(H,20,23)(H,21,24). The molecule has 0 radical (unpaired) electrons. The zero-order chi connectivity index (χ0) is 20.7. The zero-order valence-electron chi connectivity index (χ0n) is 15.7. The molecular weight excluding hydrogens is 366 g/mol. The molecule has 0 heterocycles. The van der Waals surface area contributed by atoms with Gasteiger partial charge in [0.15, 0.2) is 12.7 Å². The maximum absolute atomic E-state index is 12.1. The van der Waals surface area contributed by atoms with Crippen LogP contribution in [0.2, 0.25) is 0 Å². The van der Waals surface area contributed by atoms with Crippen molar-refractivity contribution in [3.8, 4) is 11.5 Å². The van der Waals surface area contributed by atoms with Crippen LogP contribution in [0.25, 0.3) is 0 Å². The predicted octanol–water partition coefficient (Wildman–Crippen LogP) is 2.21. The van der Waals surface area contributed by atoms with Crippen LogP contribution in [0.15, 0.2) is 42.5 Å². The van der Waals surface area contributed by atoms with Gasteiger partial charge in [0.25, 0.3) is 17.5 Å². The Balaban J connectivity index is 1.78. The van der Waals surface area contributed by atoms with E-state index in [1.54, 1.807) is 6.92 Å². The van der Waals surface area contributed by atoms with Crippen LogP contribution in [0, 0.1) is 24.0 Å². The van der Waals surface area contributed by atoms with Crippen molar-refractivity contribution >= 4 is 17.5 Å². The van der Waals surface area contributed by atoms with Crippen LogP contribution in [0.5, 0.6) is 11.5 Å². The van der Waals surface area contributed by atoms with E-state index < -0.39 is 22.8 Å². The average Bonchev–Trinajstić information content (AvgIpc) is 2.67. The van der Waals surface area contributed by atoms with Gasteiger partial charge in [-0.2, -0.15) is 0 Å². The Kier molecular flexibility index (Phi) is 6.91. The predicted molar refractivity (Wildman–Crippen MR) is 101 cm³/mol. The Bertz CT molecular complexity index is 846. The lowest BCUT2D eigenvalue weighted by molar-refractivity contribution is -0.384. The van der Waals surface area contributed by atoms with E-state index in [0.29, 0.717) is 11.5 Å². The van der Waals surface area contributed by atoms with Crippen molar-refractivity contribution in [1.29, 1.82) is 0 Å². The molecule has 0 spiro atoms. The minimum Gasteiger partial charge on any atom is -0.484 e. The SMILES string of the molecule is Cc1cccc(C)c1OC(C)C(=O)NNC(=O)COc1ccc([N+](=O)[O-])cc1. The highest BCUT2D eigenvalue weighted by molar-refractivity contribution is 5.85. The van der Waals surface area contributed by atoms with Gasteiger partial charge in [-0.25, -0.2) is 0 Å². The van der Waals surface area contributed by atoms with Crippen LogP contribution in [-0.4, -0.2) is 29.4 Å². The number of nitro benzene ring substituents is 1. The number of nitrogens with zero attached hydrogens (tertiary/aromatic N) is 1. The molecule has 0 bridgehead atoms. The molecule has 9 nitrogen and oxygen atoms in total. The summed E-state index contributed by atoms with van der Waals surface area (Å²) in [5, 5.41) is 10.6. The number of rotatable bonds is 7.